The number of hydrogen-bond donors (Lipinski definition) is 2. The number of hydrogen-bond acceptors (Lipinski definition) is 3. The number of carbonyl (C=O) groups is 1. The van der Waals surface area contributed by atoms with Crippen LogP contribution in [0.4, 0.5) is 0 Å². The number of nitrogens with one attached hydrogen (secondary N) is 2. The molecule has 0 bridgehead atoms. The summed E-state index contributed by atoms with van der Waals surface area (Å²) < 4.78 is 4.65. The molecule has 2 rings (SSSR count). The van der Waals surface area contributed by atoms with Gasteiger partial charge in [-0.2, -0.15) is 0 Å². The maximum atomic E-state index is 11.3. The van der Waals surface area contributed by atoms with Gasteiger partial charge in [-0.1, -0.05) is 30.3 Å². The van der Waals surface area contributed by atoms with E-state index in [2.05, 4.69) is 34.1 Å². The summed E-state index contributed by atoms with van der Waals surface area (Å²) in [4.78, 5) is 14.3. The van der Waals surface area contributed by atoms with Crippen LogP contribution in [-0.2, 0) is 11.3 Å². The molecule has 0 aliphatic heterocycles. The van der Waals surface area contributed by atoms with Crippen LogP contribution in [0.3, 0.4) is 0 Å². The molecule has 4 heteroatoms. The van der Waals surface area contributed by atoms with Crippen molar-refractivity contribution in [1.82, 2.24) is 10.3 Å². The molecule has 0 aliphatic rings. The fraction of sp³-hybridized carbons (Fsp3) is 0.267. The summed E-state index contributed by atoms with van der Waals surface area (Å²) in [5.41, 5.74) is 2.68. The Morgan fingerprint density at radius 1 is 1.26 bits per heavy atom. The van der Waals surface area contributed by atoms with Gasteiger partial charge in [-0.05, 0) is 24.6 Å². The van der Waals surface area contributed by atoms with Crippen molar-refractivity contribution >= 4 is 5.97 Å². The SMILES string of the molecule is COC(=O)c1ccc(CN[C@H](C)c2ccccc2)[nH]1. The van der Waals surface area contributed by atoms with Crippen LogP contribution in [0.2, 0.25) is 0 Å². The zero-order valence-electron chi connectivity index (χ0n) is 11.1. The van der Waals surface area contributed by atoms with Gasteiger partial charge in [-0.3, -0.25) is 0 Å². The van der Waals surface area contributed by atoms with E-state index >= 15 is 0 Å². The standard InChI is InChI=1S/C15H18N2O2/c1-11(12-6-4-3-5-7-12)16-10-13-8-9-14(17-13)15(18)19-2/h3-9,11,16-17H,10H2,1-2H3/t11-/m1/s1. The van der Waals surface area contributed by atoms with Crippen molar-refractivity contribution in [2.75, 3.05) is 7.11 Å². The summed E-state index contributed by atoms with van der Waals surface area (Å²) >= 11 is 0. The Labute approximate surface area is 112 Å². The molecule has 0 aliphatic carbocycles. The van der Waals surface area contributed by atoms with Crippen molar-refractivity contribution in [1.29, 1.82) is 0 Å². The van der Waals surface area contributed by atoms with Crippen molar-refractivity contribution in [3.63, 3.8) is 0 Å². The van der Waals surface area contributed by atoms with Crippen LogP contribution in [-0.4, -0.2) is 18.1 Å². The van der Waals surface area contributed by atoms with E-state index < -0.39 is 0 Å². The molecular formula is C15H18N2O2. The molecule has 0 saturated carbocycles. The molecule has 19 heavy (non-hydrogen) atoms. The molecule has 1 aromatic heterocycles. The molecule has 1 atom stereocenters. The topological polar surface area (TPSA) is 54.1 Å². The average Bonchev–Trinajstić information content (AvgIpc) is 2.93. The maximum absolute atomic E-state index is 11.3. The molecule has 1 aromatic carbocycles. The molecule has 0 radical (unpaired) electrons. The number of aromatic amines is 1. The fourth-order valence-corrected chi connectivity index (χ4v) is 1.89. The van der Waals surface area contributed by atoms with E-state index in [-0.39, 0.29) is 12.0 Å². The van der Waals surface area contributed by atoms with Crippen LogP contribution < -0.4 is 5.32 Å². The Balaban J connectivity index is 1.92. The lowest BCUT2D eigenvalue weighted by Gasteiger charge is -2.13. The van der Waals surface area contributed by atoms with Crippen molar-refractivity contribution in [2.24, 2.45) is 0 Å². The van der Waals surface area contributed by atoms with Gasteiger partial charge in [0.05, 0.1) is 7.11 Å². The van der Waals surface area contributed by atoms with Gasteiger partial charge in [0.1, 0.15) is 5.69 Å². The zero-order chi connectivity index (χ0) is 13.7. The molecule has 0 fully saturated rings. The van der Waals surface area contributed by atoms with Gasteiger partial charge in [-0.25, -0.2) is 4.79 Å². The molecule has 4 nitrogen and oxygen atoms in total. The van der Waals surface area contributed by atoms with E-state index in [0.29, 0.717) is 12.2 Å². The molecule has 2 N–H and O–H groups in total. The first-order valence-corrected chi connectivity index (χ1v) is 6.25. The van der Waals surface area contributed by atoms with Gasteiger partial charge in [0, 0.05) is 18.3 Å². The van der Waals surface area contributed by atoms with Crippen molar-refractivity contribution in [3.05, 3.63) is 59.4 Å². The van der Waals surface area contributed by atoms with E-state index in [0.717, 1.165) is 5.69 Å². The van der Waals surface area contributed by atoms with Gasteiger partial charge >= 0.3 is 5.97 Å². The average molecular weight is 258 g/mol. The Kier molecular flexibility index (Phi) is 4.36. The number of H-pyrrole nitrogens is 1. The Morgan fingerprint density at radius 2 is 2.00 bits per heavy atom. The van der Waals surface area contributed by atoms with Gasteiger partial charge in [0.25, 0.3) is 0 Å². The predicted molar refractivity (Wildman–Crippen MR) is 73.8 cm³/mol. The molecule has 0 unspecified atom stereocenters. The fourth-order valence-electron chi connectivity index (χ4n) is 1.89. The quantitative estimate of drug-likeness (QED) is 0.811. The number of ether oxygens (including phenoxy) is 1. The molecule has 2 aromatic rings. The second-order valence-electron chi connectivity index (χ2n) is 4.40. The van der Waals surface area contributed by atoms with Gasteiger partial charge in [0.2, 0.25) is 0 Å². The lowest BCUT2D eigenvalue weighted by Crippen LogP contribution is -2.18. The predicted octanol–water partition coefficient (Wildman–Crippen LogP) is 2.65. The Hall–Kier alpha value is -2.07. The highest BCUT2D eigenvalue weighted by molar-refractivity contribution is 5.87. The van der Waals surface area contributed by atoms with Crippen LogP contribution in [0.25, 0.3) is 0 Å². The van der Waals surface area contributed by atoms with Gasteiger partial charge in [0.15, 0.2) is 0 Å². The lowest BCUT2D eigenvalue weighted by atomic mass is 10.1. The highest BCUT2D eigenvalue weighted by atomic mass is 16.5. The number of aromatic nitrogens is 1. The van der Waals surface area contributed by atoms with E-state index in [4.69, 9.17) is 0 Å². The number of methoxy groups -OCH3 is 1. The molecular weight excluding hydrogens is 240 g/mol. The van der Waals surface area contributed by atoms with E-state index in [1.807, 2.05) is 24.3 Å². The first-order valence-electron chi connectivity index (χ1n) is 6.25. The van der Waals surface area contributed by atoms with Crippen molar-refractivity contribution < 1.29 is 9.53 Å². The minimum Gasteiger partial charge on any atom is -0.464 e. The van der Waals surface area contributed by atoms with Gasteiger partial charge < -0.3 is 15.0 Å². The number of benzene rings is 1. The third kappa shape index (κ3) is 3.45. The van der Waals surface area contributed by atoms with Crippen molar-refractivity contribution in [2.45, 2.75) is 19.5 Å². The number of carbonyl (C=O) groups excluding carboxylic acids is 1. The monoisotopic (exact) mass is 258 g/mol. The molecule has 0 amide bonds. The zero-order valence-corrected chi connectivity index (χ0v) is 11.1. The summed E-state index contributed by atoms with van der Waals surface area (Å²) in [5.74, 6) is -0.345. The minimum atomic E-state index is -0.345. The largest absolute Gasteiger partial charge is 0.464 e. The van der Waals surface area contributed by atoms with E-state index in [9.17, 15) is 4.79 Å². The minimum absolute atomic E-state index is 0.256. The second-order valence-corrected chi connectivity index (χ2v) is 4.40. The Morgan fingerprint density at radius 3 is 2.68 bits per heavy atom. The summed E-state index contributed by atoms with van der Waals surface area (Å²) in [6.07, 6.45) is 0. The van der Waals surface area contributed by atoms with Gasteiger partial charge in [-0.15, -0.1) is 0 Å². The third-order valence-corrected chi connectivity index (χ3v) is 3.05. The van der Waals surface area contributed by atoms with E-state index in [1.165, 1.54) is 12.7 Å². The summed E-state index contributed by atoms with van der Waals surface area (Å²) in [5, 5.41) is 3.40. The molecule has 0 saturated heterocycles. The lowest BCUT2D eigenvalue weighted by molar-refractivity contribution is 0.0594. The third-order valence-electron chi connectivity index (χ3n) is 3.05. The summed E-state index contributed by atoms with van der Waals surface area (Å²) in [6, 6.07) is 14.1. The molecule has 100 valence electrons. The van der Waals surface area contributed by atoms with Crippen molar-refractivity contribution in [3.8, 4) is 0 Å². The number of rotatable bonds is 5. The van der Waals surface area contributed by atoms with Crippen LogP contribution in [0, 0.1) is 0 Å². The van der Waals surface area contributed by atoms with Crippen LogP contribution in [0.1, 0.15) is 34.7 Å². The number of esters is 1. The molecule has 1 heterocycles. The summed E-state index contributed by atoms with van der Waals surface area (Å²) in [6.45, 7) is 2.78. The van der Waals surface area contributed by atoms with E-state index in [1.54, 1.807) is 6.07 Å². The maximum Gasteiger partial charge on any atom is 0.354 e. The van der Waals surface area contributed by atoms with Crippen LogP contribution in [0.5, 0.6) is 0 Å². The normalized spacial score (nSPS) is 12.1. The highest BCUT2D eigenvalue weighted by Crippen LogP contribution is 2.12. The van der Waals surface area contributed by atoms with Crippen LogP contribution >= 0.6 is 0 Å². The first-order chi connectivity index (χ1) is 9.20. The molecule has 0 spiro atoms. The second kappa shape index (κ2) is 6.20. The smallest absolute Gasteiger partial charge is 0.354 e. The van der Waals surface area contributed by atoms with Crippen LogP contribution in [0.15, 0.2) is 42.5 Å². The summed E-state index contributed by atoms with van der Waals surface area (Å²) in [7, 11) is 1.37. The highest BCUT2D eigenvalue weighted by Gasteiger charge is 2.09. The Bertz CT molecular complexity index is 534. The first kappa shape index (κ1) is 13.4.